The van der Waals surface area contributed by atoms with E-state index in [1.54, 1.807) is 0 Å². The predicted molar refractivity (Wildman–Crippen MR) is 43.3 cm³/mol. The fraction of sp³-hybridized carbons (Fsp3) is 0.857. The van der Waals surface area contributed by atoms with E-state index >= 15 is 0 Å². The molecule has 0 saturated heterocycles. The van der Waals surface area contributed by atoms with Crippen LogP contribution < -0.4 is 0 Å². The SMILES string of the molecule is O=CC1(O)C[C@@H](O)C(O)[C@H](O)C1Cl. The number of aliphatic hydroxyl groups is 4. The Morgan fingerprint density at radius 1 is 1.31 bits per heavy atom. The minimum atomic E-state index is -1.97. The Hall–Kier alpha value is -0.200. The van der Waals surface area contributed by atoms with Crippen LogP contribution in [0.15, 0.2) is 0 Å². The van der Waals surface area contributed by atoms with Gasteiger partial charge >= 0.3 is 0 Å². The standard InChI is InChI=1S/C7H11ClO5/c8-6-5(12)4(11)3(10)1-7(6,13)2-9/h2-6,10-13H,1H2/t3-,4?,5+,6?,7?/m1/s1. The van der Waals surface area contributed by atoms with E-state index in [9.17, 15) is 15.0 Å². The van der Waals surface area contributed by atoms with Crippen molar-refractivity contribution in [2.45, 2.75) is 35.7 Å². The van der Waals surface area contributed by atoms with Crippen molar-refractivity contribution in [2.24, 2.45) is 0 Å². The van der Waals surface area contributed by atoms with Crippen LogP contribution in [0.5, 0.6) is 0 Å². The molecule has 0 amide bonds. The van der Waals surface area contributed by atoms with Gasteiger partial charge in [0.1, 0.15) is 17.8 Å². The third kappa shape index (κ3) is 1.70. The van der Waals surface area contributed by atoms with Crippen molar-refractivity contribution >= 4 is 17.9 Å². The molecule has 76 valence electrons. The largest absolute Gasteiger partial charge is 0.390 e. The molecule has 1 aliphatic rings. The van der Waals surface area contributed by atoms with Gasteiger partial charge in [0.15, 0.2) is 6.29 Å². The van der Waals surface area contributed by atoms with Gasteiger partial charge in [-0.2, -0.15) is 0 Å². The summed E-state index contributed by atoms with van der Waals surface area (Å²) in [5.41, 5.74) is -1.97. The molecular weight excluding hydrogens is 200 g/mol. The van der Waals surface area contributed by atoms with Gasteiger partial charge in [-0.1, -0.05) is 0 Å². The lowest BCUT2D eigenvalue weighted by atomic mass is 9.80. The third-order valence-corrected chi connectivity index (χ3v) is 2.90. The Balaban J connectivity index is 2.88. The molecular formula is C7H11ClO5. The molecule has 0 spiro atoms. The van der Waals surface area contributed by atoms with Crippen molar-refractivity contribution in [1.82, 2.24) is 0 Å². The molecule has 13 heavy (non-hydrogen) atoms. The van der Waals surface area contributed by atoms with Crippen LogP contribution in [0.4, 0.5) is 0 Å². The molecule has 5 atom stereocenters. The first-order valence-electron chi connectivity index (χ1n) is 3.79. The van der Waals surface area contributed by atoms with Crippen LogP contribution >= 0.6 is 11.6 Å². The number of aldehydes is 1. The minimum Gasteiger partial charge on any atom is -0.390 e. The van der Waals surface area contributed by atoms with E-state index in [4.69, 9.17) is 21.8 Å². The average molecular weight is 211 g/mol. The number of alkyl halides is 1. The number of carbonyl (C=O) groups excluding carboxylic acids is 1. The minimum absolute atomic E-state index is 0.170. The summed E-state index contributed by atoms with van der Waals surface area (Å²) in [6.45, 7) is 0. The lowest BCUT2D eigenvalue weighted by molar-refractivity contribution is -0.159. The number of hydrogen-bond acceptors (Lipinski definition) is 5. The molecule has 0 aromatic rings. The molecule has 0 heterocycles. The van der Waals surface area contributed by atoms with Gasteiger partial charge < -0.3 is 25.2 Å². The van der Waals surface area contributed by atoms with Crippen LogP contribution in [0.25, 0.3) is 0 Å². The van der Waals surface area contributed by atoms with Crippen LogP contribution in [-0.4, -0.2) is 56.0 Å². The zero-order chi connectivity index (χ0) is 10.2. The summed E-state index contributed by atoms with van der Waals surface area (Å²) >= 11 is 5.53. The Morgan fingerprint density at radius 3 is 2.31 bits per heavy atom. The zero-order valence-corrected chi connectivity index (χ0v) is 7.42. The highest BCUT2D eigenvalue weighted by Gasteiger charge is 2.50. The fourth-order valence-corrected chi connectivity index (χ4v) is 1.67. The lowest BCUT2D eigenvalue weighted by Gasteiger charge is -2.40. The van der Waals surface area contributed by atoms with Crippen LogP contribution in [0.2, 0.25) is 0 Å². The lowest BCUT2D eigenvalue weighted by Crippen LogP contribution is -2.61. The van der Waals surface area contributed by atoms with Crippen LogP contribution in [-0.2, 0) is 4.79 Å². The number of carbonyl (C=O) groups is 1. The first-order chi connectivity index (χ1) is 5.92. The van der Waals surface area contributed by atoms with Gasteiger partial charge in [-0.25, -0.2) is 0 Å². The molecule has 1 fully saturated rings. The highest BCUT2D eigenvalue weighted by Crippen LogP contribution is 2.31. The molecule has 0 radical (unpaired) electrons. The molecule has 1 saturated carbocycles. The summed E-state index contributed by atoms with van der Waals surface area (Å²) in [6.07, 6.45) is -4.49. The van der Waals surface area contributed by atoms with Crippen molar-refractivity contribution in [2.75, 3.05) is 0 Å². The monoisotopic (exact) mass is 210 g/mol. The second-order valence-electron chi connectivity index (χ2n) is 3.26. The van der Waals surface area contributed by atoms with Crippen molar-refractivity contribution in [3.05, 3.63) is 0 Å². The number of aliphatic hydroxyl groups excluding tert-OH is 3. The first-order valence-corrected chi connectivity index (χ1v) is 4.23. The topological polar surface area (TPSA) is 98.0 Å². The normalized spacial score (nSPS) is 51.8. The maximum atomic E-state index is 10.5. The Kier molecular flexibility index (Phi) is 2.94. The van der Waals surface area contributed by atoms with E-state index in [-0.39, 0.29) is 12.7 Å². The molecule has 1 rings (SSSR count). The Labute approximate surface area is 79.6 Å². The summed E-state index contributed by atoms with van der Waals surface area (Å²) in [6, 6.07) is 0. The van der Waals surface area contributed by atoms with Crippen LogP contribution in [0.1, 0.15) is 6.42 Å². The molecule has 0 bridgehead atoms. The second kappa shape index (κ2) is 3.51. The summed E-state index contributed by atoms with van der Waals surface area (Å²) in [5, 5.41) is 35.7. The average Bonchev–Trinajstić information content (AvgIpc) is 2.12. The predicted octanol–water partition coefficient (Wildman–Crippen LogP) is -1.99. The third-order valence-electron chi connectivity index (χ3n) is 2.26. The number of halogens is 1. The summed E-state index contributed by atoms with van der Waals surface area (Å²) in [7, 11) is 0. The summed E-state index contributed by atoms with van der Waals surface area (Å²) < 4.78 is 0. The van der Waals surface area contributed by atoms with Gasteiger partial charge in [0, 0.05) is 6.42 Å². The number of rotatable bonds is 1. The van der Waals surface area contributed by atoms with E-state index < -0.39 is 29.3 Å². The molecule has 6 heteroatoms. The Bertz CT molecular complexity index is 211. The smallest absolute Gasteiger partial charge is 0.153 e. The molecule has 0 aromatic heterocycles. The summed E-state index contributed by atoms with van der Waals surface area (Å²) in [4.78, 5) is 10.5. The first kappa shape index (κ1) is 10.9. The van der Waals surface area contributed by atoms with Gasteiger partial charge in [-0.05, 0) is 0 Å². The number of hydrogen-bond donors (Lipinski definition) is 4. The molecule has 4 N–H and O–H groups in total. The van der Waals surface area contributed by atoms with Crippen molar-refractivity contribution in [3.8, 4) is 0 Å². The highest BCUT2D eigenvalue weighted by molar-refractivity contribution is 6.23. The van der Waals surface area contributed by atoms with Gasteiger partial charge in [-0.15, -0.1) is 11.6 Å². The van der Waals surface area contributed by atoms with E-state index in [1.165, 1.54) is 0 Å². The molecule has 0 aromatic carbocycles. The Morgan fingerprint density at radius 2 is 1.85 bits per heavy atom. The maximum absolute atomic E-state index is 10.5. The molecule has 5 nitrogen and oxygen atoms in total. The van der Waals surface area contributed by atoms with E-state index in [0.717, 1.165) is 0 Å². The van der Waals surface area contributed by atoms with E-state index in [1.807, 2.05) is 0 Å². The highest BCUT2D eigenvalue weighted by atomic mass is 35.5. The second-order valence-corrected chi connectivity index (χ2v) is 3.73. The summed E-state index contributed by atoms with van der Waals surface area (Å²) in [5.74, 6) is 0. The zero-order valence-electron chi connectivity index (χ0n) is 6.67. The maximum Gasteiger partial charge on any atom is 0.153 e. The molecule has 0 aliphatic heterocycles. The van der Waals surface area contributed by atoms with Gasteiger partial charge in [-0.3, -0.25) is 0 Å². The fourth-order valence-electron chi connectivity index (χ4n) is 1.38. The van der Waals surface area contributed by atoms with Gasteiger partial charge in [0.2, 0.25) is 0 Å². The van der Waals surface area contributed by atoms with Crippen LogP contribution in [0.3, 0.4) is 0 Å². The van der Waals surface area contributed by atoms with Crippen molar-refractivity contribution in [3.63, 3.8) is 0 Å². The van der Waals surface area contributed by atoms with E-state index in [2.05, 4.69) is 0 Å². The quantitative estimate of drug-likeness (QED) is 0.297. The van der Waals surface area contributed by atoms with E-state index in [0.29, 0.717) is 0 Å². The van der Waals surface area contributed by atoms with Gasteiger partial charge in [0.25, 0.3) is 0 Å². The van der Waals surface area contributed by atoms with Crippen LogP contribution in [0, 0.1) is 0 Å². The van der Waals surface area contributed by atoms with Gasteiger partial charge in [0.05, 0.1) is 11.5 Å². The van der Waals surface area contributed by atoms with Crippen molar-refractivity contribution in [1.29, 1.82) is 0 Å². The molecule has 1 aliphatic carbocycles. The molecule has 3 unspecified atom stereocenters. The van der Waals surface area contributed by atoms with Crippen molar-refractivity contribution < 1.29 is 25.2 Å².